The van der Waals surface area contributed by atoms with Crippen molar-refractivity contribution in [3.63, 3.8) is 0 Å². The van der Waals surface area contributed by atoms with E-state index in [1.807, 2.05) is 13.1 Å². The van der Waals surface area contributed by atoms with Crippen molar-refractivity contribution >= 4 is 11.9 Å². The molecule has 8 heteroatoms. The molecule has 0 atom stereocenters. The molecule has 27 heavy (non-hydrogen) atoms. The molecule has 1 heterocycles. The minimum absolute atomic E-state index is 0.0216. The lowest BCUT2D eigenvalue weighted by Crippen LogP contribution is -2.49. The monoisotopic (exact) mass is 371 g/mol. The predicted molar refractivity (Wildman–Crippen MR) is 98.3 cm³/mol. The van der Waals surface area contributed by atoms with E-state index in [4.69, 9.17) is 4.74 Å². The molecule has 144 valence electrons. The van der Waals surface area contributed by atoms with E-state index in [1.54, 1.807) is 41.6 Å². The predicted octanol–water partition coefficient (Wildman–Crippen LogP) is 2.48. The molecule has 0 saturated heterocycles. The summed E-state index contributed by atoms with van der Waals surface area (Å²) < 4.78 is 6.72. The van der Waals surface area contributed by atoms with E-state index in [0.717, 1.165) is 32.1 Å². The fraction of sp³-hybridized carbons (Fsp3) is 0.526. The Labute approximate surface area is 158 Å². The number of aromatic nitrogens is 4. The number of ether oxygens (including phenoxy) is 1. The molecule has 0 radical (unpaired) electrons. The van der Waals surface area contributed by atoms with Crippen molar-refractivity contribution in [2.75, 3.05) is 13.7 Å². The molecule has 1 fully saturated rings. The number of carbonyl (C=O) groups excluding carboxylic acids is 2. The fourth-order valence-corrected chi connectivity index (χ4v) is 3.78. The zero-order valence-electron chi connectivity index (χ0n) is 16.0. The van der Waals surface area contributed by atoms with Gasteiger partial charge in [0.1, 0.15) is 5.54 Å². The van der Waals surface area contributed by atoms with Crippen LogP contribution in [0.1, 0.15) is 62.1 Å². The average Bonchev–Trinajstić information content (AvgIpc) is 3.18. The summed E-state index contributed by atoms with van der Waals surface area (Å²) in [5.74, 6) is 0.217. The summed E-state index contributed by atoms with van der Waals surface area (Å²) >= 11 is 0. The third-order valence-corrected chi connectivity index (χ3v) is 5.28. The Balaban J connectivity index is 2.06. The second kappa shape index (κ2) is 7.85. The molecular weight excluding hydrogens is 346 g/mol. The van der Waals surface area contributed by atoms with E-state index in [9.17, 15) is 9.59 Å². The molecule has 2 aromatic rings. The molecule has 3 rings (SSSR count). The van der Waals surface area contributed by atoms with Crippen LogP contribution in [-0.2, 0) is 15.1 Å². The van der Waals surface area contributed by atoms with Crippen molar-refractivity contribution in [2.24, 2.45) is 0 Å². The average molecular weight is 371 g/mol. The highest BCUT2D eigenvalue weighted by Crippen LogP contribution is 2.41. The first-order valence-electron chi connectivity index (χ1n) is 9.30. The second-order valence-electron chi connectivity index (χ2n) is 6.86. The van der Waals surface area contributed by atoms with Crippen LogP contribution in [0.3, 0.4) is 0 Å². The van der Waals surface area contributed by atoms with Crippen LogP contribution in [0, 0.1) is 0 Å². The van der Waals surface area contributed by atoms with Crippen molar-refractivity contribution < 1.29 is 14.3 Å². The van der Waals surface area contributed by atoms with Crippen molar-refractivity contribution in [3.05, 3.63) is 35.7 Å². The van der Waals surface area contributed by atoms with Crippen LogP contribution in [0.4, 0.5) is 0 Å². The maximum atomic E-state index is 12.2. The number of hydrogen-bond donors (Lipinski definition) is 0. The lowest BCUT2D eigenvalue weighted by atomic mass is 9.79. The Morgan fingerprint density at radius 2 is 2.00 bits per heavy atom. The summed E-state index contributed by atoms with van der Waals surface area (Å²) in [5, 5.41) is 12.3. The van der Waals surface area contributed by atoms with Crippen molar-refractivity contribution in [3.8, 4) is 5.69 Å². The van der Waals surface area contributed by atoms with Gasteiger partial charge in [-0.2, -0.15) is 4.68 Å². The Hall–Kier alpha value is -2.77. The highest BCUT2D eigenvalue weighted by atomic mass is 16.5. The SMILES string of the molecule is CCOC(=O)c1cccc(-n2nnnc2C2(N(C)C(C)=O)CCCCC2)c1. The van der Waals surface area contributed by atoms with Gasteiger partial charge in [0.15, 0.2) is 5.82 Å². The zero-order chi connectivity index (χ0) is 19.4. The van der Waals surface area contributed by atoms with E-state index in [-0.39, 0.29) is 11.9 Å². The summed E-state index contributed by atoms with van der Waals surface area (Å²) in [6.07, 6.45) is 4.76. The van der Waals surface area contributed by atoms with E-state index in [0.29, 0.717) is 23.7 Å². The lowest BCUT2D eigenvalue weighted by Gasteiger charge is -2.42. The minimum Gasteiger partial charge on any atom is -0.462 e. The van der Waals surface area contributed by atoms with Crippen LogP contribution in [0.5, 0.6) is 0 Å². The second-order valence-corrected chi connectivity index (χ2v) is 6.86. The largest absolute Gasteiger partial charge is 0.462 e. The topological polar surface area (TPSA) is 90.2 Å². The third kappa shape index (κ3) is 3.56. The molecule has 0 unspecified atom stereocenters. The van der Waals surface area contributed by atoms with Gasteiger partial charge in [-0.3, -0.25) is 4.79 Å². The minimum atomic E-state index is -0.548. The number of tetrazole rings is 1. The van der Waals surface area contributed by atoms with Crippen LogP contribution < -0.4 is 0 Å². The molecule has 1 aliphatic carbocycles. The Morgan fingerprint density at radius 1 is 1.26 bits per heavy atom. The zero-order valence-corrected chi connectivity index (χ0v) is 16.0. The number of benzene rings is 1. The smallest absolute Gasteiger partial charge is 0.338 e. The van der Waals surface area contributed by atoms with Gasteiger partial charge in [0.25, 0.3) is 0 Å². The Bertz CT molecular complexity index is 826. The van der Waals surface area contributed by atoms with Gasteiger partial charge in [-0.1, -0.05) is 25.3 Å². The van der Waals surface area contributed by atoms with Gasteiger partial charge in [-0.15, -0.1) is 5.10 Å². The van der Waals surface area contributed by atoms with E-state index in [1.165, 1.54) is 0 Å². The van der Waals surface area contributed by atoms with Crippen molar-refractivity contribution in [1.82, 2.24) is 25.1 Å². The maximum Gasteiger partial charge on any atom is 0.338 e. The molecule has 0 bridgehead atoms. The van der Waals surface area contributed by atoms with Crippen LogP contribution in [-0.4, -0.2) is 50.6 Å². The number of carbonyl (C=O) groups is 2. The quantitative estimate of drug-likeness (QED) is 0.750. The van der Waals surface area contributed by atoms with Gasteiger partial charge in [-0.05, 0) is 48.4 Å². The van der Waals surface area contributed by atoms with Crippen LogP contribution in [0.25, 0.3) is 5.69 Å². The highest BCUT2D eigenvalue weighted by molar-refractivity contribution is 5.90. The van der Waals surface area contributed by atoms with E-state index < -0.39 is 5.54 Å². The maximum absolute atomic E-state index is 12.2. The van der Waals surface area contributed by atoms with Crippen LogP contribution in [0.15, 0.2) is 24.3 Å². The van der Waals surface area contributed by atoms with Crippen molar-refractivity contribution in [1.29, 1.82) is 0 Å². The normalized spacial score (nSPS) is 16.0. The number of hydrogen-bond acceptors (Lipinski definition) is 6. The molecule has 1 aromatic heterocycles. The molecule has 8 nitrogen and oxygen atoms in total. The molecule has 0 N–H and O–H groups in total. The fourth-order valence-electron chi connectivity index (χ4n) is 3.78. The Kier molecular flexibility index (Phi) is 5.53. The molecule has 1 aliphatic rings. The van der Waals surface area contributed by atoms with E-state index >= 15 is 0 Å². The summed E-state index contributed by atoms with van der Waals surface area (Å²) in [5.41, 5.74) is 0.559. The standard InChI is InChI=1S/C19H25N5O3/c1-4-27-17(26)15-9-8-10-16(13-15)24-18(20-21-22-24)19(23(3)14(2)25)11-6-5-7-12-19/h8-10,13H,4-7,11-12H2,1-3H3. The van der Waals surface area contributed by atoms with Gasteiger partial charge < -0.3 is 9.64 Å². The summed E-state index contributed by atoms with van der Waals surface area (Å²) in [7, 11) is 1.81. The molecule has 1 saturated carbocycles. The molecule has 0 spiro atoms. The Morgan fingerprint density at radius 3 is 2.67 bits per heavy atom. The van der Waals surface area contributed by atoms with Crippen molar-refractivity contribution in [2.45, 2.75) is 51.5 Å². The summed E-state index contributed by atoms with van der Waals surface area (Å²) in [6, 6.07) is 7.02. The first-order chi connectivity index (χ1) is 13.0. The first-order valence-corrected chi connectivity index (χ1v) is 9.30. The van der Waals surface area contributed by atoms with Crippen LogP contribution >= 0.6 is 0 Å². The van der Waals surface area contributed by atoms with E-state index in [2.05, 4.69) is 15.5 Å². The number of esters is 1. The molecule has 0 aliphatic heterocycles. The molecule has 1 amide bonds. The third-order valence-electron chi connectivity index (χ3n) is 5.28. The summed E-state index contributed by atoms with van der Waals surface area (Å²) in [6.45, 7) is 3.64. The van der Waals surface area contributed by atoms with Gasteiger partial charge in [-0.25, -0.2) is 4.79 Å². The van der Waals surface area contributed by atoms with Gasteiger partial charge >= 0.3 is 5.97 Å². The first kappa shape index (κ1) is 19.0. The number of rotatable bonds is 5. The van der Waals surface area contributed by atoms with Gasteiger partial charge in [0, 0.05) is 14.0 Å². The number of nitrogens with zero attached hydrogens (tertiary/aromatic N) is 5. The van der Waals surface area contributed by atoms with Gasteiger partial charge in [0.05, 0.1) is 17.9 Å². The molecule has 1 aromatic carbocycles. The lowest BCUT2D eigenvalue weighted by molar-refractivity contribution is -0.135. The van der Waals surface area contributed by atoms with Crippen LogP contribution in [0.2, 0.25) is 0 Å². The molecular formula is C19H25N5O3. The van der Waals surface area contributed by atoms with Gasteiger partial charge in [0.2, 0.25) is 5.91 Å². The highest BCUT2D eigenvalue weighted by Gasteiger charge is 2.44. The number of amides is 1. The summed E-state index contributed by atoms with van der Waals surface area (Å²) in [4.78, 5) is 26.0.